The first kappa shape index (κ1) is 24.1. The highest BCUT2D eigenvalue weighted by atomic mass is 15.2. The maximum absolute atomic E-state index is 3.81. The number of aryl methyl sites for hydroxylation is 5. The fraction of sp³-hybridized carbons (Fsp3) is 0.143. The van der Waals surface area contributed by atoms with Crippen molar-refractivity contribution in [3.8, 4) is 0 Å². The van der Waals surface area contributed by atoms with Gasteiger partial charge in [0.25, 0.3) is 0 Å². The van der Waals surface area contributed by atoms with Gasteiger partial charge >= 0.3 is 0 Å². The molecule has 1 N–H and O–H groups in total. The molecule has 3 heteroatoms. The van der Waals surface area contributed by atoms with E-state index < -0.39 is 0 Å². The molecule has 0 atom stereocenters. The minimum absolute atomic E-state index is 0.107. The van der Waals surface area contributed by atoms with Gasteiger partial charge in [0.05, 0.1) is 0 Å². The van der Waals surface area contributed by atoms with Gasteiger partial charge in [0.1, 0.15) is 0 Å². The Hall–Kier alpha value is -4.24. The molecule has 0 amide bonds. The smallest absolute Gasteiger partial charge is 0.249 e. The Morgan fingerprint density at radius 3 is 1.92 bits per heavy atom. The lowest BCUT2D eigenvalue weighted by atomic mass is 9.34. The topological polar surface area (TPSA) is 15.3 Å². The molecule has 6 rings (SSSR count). The predicted octanol–water partition coefficient (Wildman–Crippen LogP) is 7.27. The molecule has 186 valence electrons. The molecule has 5 aromatic rings. The monoisotopic (exact) mass is 492 g/mol. The zero-order chi connectivity index (χ0) is 26.4. The Labute approximate surface area is 227 Å². The van der Waals surface area contributed by atoms with E-state index in [9.17, 15) is 0 Å². The van der Waals surface area contributed by atoms with Crippen LogP contribution in [0.25, 0.3) is 0 Å². The number of hydrogen-bond donors (Lipinski definition) is 1. The van der Waals surface area contributed by atoms with Gasteiger partial charge in [0.2, 0.25) is 6.71 Å². The first-order valence-corrected chi connectivity index (χ1v) is 13.4. The molecule has 2 nitrogen and oxygen atoms in total. The molecule has 1 aliphatic rings. The number of anilines is 5. The maximum atomic E-state index is 3.81. The molecule has 0 saturated carbocycles. The number of fused-ring (bicyclic) bond motifs is 2. The van der Waals surface area contributed by atoms with E-state index >= 15 is 0 Å². The molecule has 0 bridgehead atoms. The number of nitrogens with zero attached hydrogens (tertiary/aromatic N) is 1. The van der Waals surface area contributed by atoms with Crippen LogP contribution in [0.1, 0.15) is 27.8 Å². The van der Waals surface area contributed by atoms with Gasteiger partial charge in [-0.3, -0.25) is 0 Å². The Morgan fingerprint density at radius 2 is 1.21 bits per heavy atom. The molecule has 0 saturated heterocycles. The largest absolute Gasteiger partial charge is 0.356 e. The number of benzene rings is 5. The van der Waals surface area contributed by atoms with Crippen molar-refractivity contribution < 1.29 is 0 Å². The van der Waals surface area contributed by atoms with Gasteiger partial charge in [-0.15, -0.1) is 0 Å². The molecule has 38 heavy (non-hydrogen) atoms. The van der Waals surface area contributed by atoms with Crippen molar-refractivity contribution in [2.24, 2.45) is 0 Å². The highest BCUT2D eigenvalue weighted by Crippen LogP contribution is 2.38. The van der Waals surface area contributed by atoms with Crippen molar-refractivity contribution in [1.29, 1.82) is 0 Å². The molecular weight excluding hydrogens is 459 g/mol. The Morgan fingerprint density at radius 1 is 0.553 bits per heavy atom. The van der Waals surface area contributed by atoms with Gasteiger partial charge < -0.3 is 10.2 Å². The van der Waals surface area contributed by atoms with Gasteiger partial charge in [-0.05, 0) is 93.6 Å². The third kappa shape index (κ3) is 4.39. The number of rotatable bonds is 4. The lowest BCUT2D eigenvalue weighted by molar-refractivity contribution is 1.27. The van der Waals surface area contributed by atoms with Crippen LogP contribution in [0.2, 0.25) is 0 Å². The molecule has 0 unspecified atom stereocenters. The predicted molar refractivity (Wildman–Crippen MR) is 166 cm³/mol. The van der Waals surface area contributed by atoms with E-state index in [0.29, 0.717) is 0 Å². The molecule has 1 heterocycles. The summed E-state index contributed by atoms with van der Waals surface area (Å²) < 4.78 is 0. The summed E-state index contributed by atoms with van der Waals surface area (Å²) in [6.45, 7) is 11.0. The molecule has 0 fully saturated rings. The van der Waals surface area contributed by atoms with Crippen LogP contribution in [0.5, 0.6) is 0 Å². The lowest BCUT2D eigenvalue weighted by Crippen LogP contribution is -2.58. The minimum Gasteiger partial charge on any atom is -0.356 e. The van der Waals surface area contributed by atoms with E-state index in [1.807, 2.05) is 0 Å². The number of hydrogen-bond acceptors (Lipinski definition) is 2. The summed E-state index contributed by atoms with van der Waals surface area (Å²) in [5.74, 6) is 0. The zero-order valence-corrected chi connectivity index (χ0v) is 22.8. The molecule has 0 spiro atoms. The summed E-state index contributed by atoms with van der Waals surface area (Å²) in [5.41, 5.74) is 16.2. The fourth-order valence-electron chi connectivity index (χ4n) is 5.72. The molecule has 0 aromatic heterocycles. The van der Waals surface area contributed by atoms with E-state index in [2.05, 4.69) is 148 Å². The molecule has 1 aliphatic heterocycles. The summed E-state index contributed by atoms with van der Waals surface area (Å²) in [4.78, 5) is 2.45. The average Bonchev–Trinajstić information content (AvgIpc) is 2.89. The normalized spacial score (nSPS) is 12.2. The molecule has 0 radical (unpaired) electrons. The van der Waals surface area contributed by atoms with Crippen LogP contribution < -0.4 is 26.6 Å². The highest BCUT2D eigenvalue weighted by Gasteiger charge is 2.37. The summed E-state index contributed by atoms with van der Waals surface area (Å²) >= 11 is 0. The summed E-state index contributed by atoms with van der Waals surface area (Å²) in [6.07, 6.45) is 0. The van der Waals surface area contributed by atoms with Crippen LogP contribution in [0, 0.1) is 34.6 Å². The van der Waals surface area contributed by atoms with Crippen LogP contribution in [0.15, 0.2) is 103 Å². The lowest BCUT2D eigenvalue weighted by Gasteiger charge is -2.39. The van der Waals surface area contributed by atoms with E-state index in [1.54, 1.807) is 0 Å². The van der Waals surface area contributed by atoms with E-state index in [1.165, 1.54) is 61.3 Å². The van der Waals surface area contributed by atoms with Crippen LogP contribution in [0.3, 0.4) is 0 Å². The zero-order valence-electron chi connectivity index (χ0n) is 22.8. The first-order chi connectivity index (χ1) is 18.4. The van der Waals surface area contributed by atoms with Gasteiger partial charge in [0.15, 0.2) is 0 Å². The fourth-order valence-corrected chi connectivity index (χ4v) is 5.72. The second-order valence-corrected chi connectivity index (χ2v) is 10.8. The van der Waals surface area contributed by atoms with E-state index in [0.717, 1.165) is 11.4 Å². The van der Waals surface area contributed by atoms with E-state index in [4.69, 9.17) is 0 Å². The Balaban J connectivity index is 1.66. The van der Waals surface area contributed by atoms with Crippen molar-refractivity contribution in [3.63, 3.8) is 0 Å². The average molecular weight is 492 g/mol. The first-order valence-electron chi connectivity index (χ1n) is 13.4. The minimum atomic E-state index is 0.107. The van der Waals surface area contributed by atoms with Crippen LogP contribution in [-0.2, 0) is 0 Å². The van der Waals surface area contributed by atoms with Gasteiger partial charge in [0, 0.05) is 28.4 Å². The number of nitrogens with one attached hydrogen (secondary N) is 1. The Kier molecular flexibility index (Phi) is 6.08. The van der Waals surface area contributed by atoms with Gasteiger partial charge in [-0.2, -0.15) is 0 Å². The molecular formula is C35H33BN2. The summed E-state index contributed by atoms with van der Waals surface area (Å²) in [5, 5.41) is 3.81. The maximum Gasteiger partial charge on any atom is 0.249 e. The van der Waals surface area contributed by atoms with Crippen molar-refractivity contribution >= 4 is 51.5 Å². The standard InChI is InChI=1S/C35H33BN2/c1-23-9-14-29(15-10-23)37-32-21-27(5)22-34-35(32)36(28-8-6-7-25(3)19-28)31-20-26(4)13-18-33(31)38(34)30-16-11-24(2)12-17-30/h6-22,37H,1-5H3. The van der Waals surface area contributed by atoms with Crippen molar-refractivity contribution in [3.05, 3.63) is 131 Å². The highest BCUT2D eigenvalue weighted by molar-refractivity contribution is 6.98. The van der Waals surface area contributed by atoms with Crippen molar-refractivity contribution in [2.45, 2.75) is 34.6 Å². The van der Waals surface area contributed by atoms with Gasteiger partial charge in [-0.1, -0.05) is 88.4 Å². The third-order valence-corrected chi connectivity index (χ3v) is 7.57. The third-order valence-electron chi connectivity index (χ3n) is 7.57. The quantitative estimate of drug-likeness (QED) is 0.260. The molecule has 5 aromatic carbocycles. The SMILES string of the molecule is Cc1ccc(Nc2cc(C)cc3c2B(c2cccc(C)c2)c2cc(C)ccc2N3c2ccc(C)cc2)cc1. The van der Waals surface area contributed by atoms with Crippen molar-refractivity contribution in [2.75, 3.05) is 10.2 Å². The van der Waals surface area contributed by atoms with Gasteiger partial charge in [-0.25, -0.2) is 0 Å². The van der Waals surface area contributed by atoms with Crippen LogP contribution in [0.4, 0.5) is 28.4 Å². The summed E-state index contributed by atoms with van der Waals surface area (Å²) in [6, 6.07) is 38.1. The second-order valence-electron chi connectivity index (χ2n) is 10.8. The Bertz CT molecular complexity index is 1630. The van der Waals surface area contributed by atoms with E-state index in [-0.39, 0.29) is 6.71 Å². The van der Waals surface area contributed by atoms with Crippen LogP contribution >= 0.6 is 0 Å². The molecule has 0 aliphatic carbocycles. The summed E-state index contributed by atoms with van der Waals surface area (Å²) in [7, 11) is 0. The van der Waals surface area contributed by atoms with Crippen molar-refractivity contribution in [1.82, 2.24) is 0 Å². The second kappa shape index (κ2) is 9.57. The van der Waals surface area contributed by atoms with Crippen LogP contribution in [-0.4, -0.2) is 6.71 Å².